The van der Waals surface area contributed by atoms with Crippen molar-refractivity contribution in [1.82, 2.24) is 0 Å². The quantitative estimate of drug-likeness (QED) is 0.679. The van der Waals surface area contributed by atoms with Crippen molar-refractivity contribution in [2.24, 2.45) is 5.92 Å². The molecule has 1 unspecified atom stereocenters. The largest absolute Gasteiger partial charge is 0.390 e. The Bertz CT molecular complexity index is 240. The van der Waals surface area contributed by atoms with E-state index in [2.05, 4.69) is 6.92 Å². The zero-order valence-electron chi connectivity index (χ0n) is 11.9. The molecule has 0 amide bonds. The van der Waals surface area contributed by atoms with Gasteiger partial charge in [-0.2, -0.15) is 0 Å². The maximum atomic E-state index is 11.7. The van der Waals surface area contributed by atoms with Crippen LogP contribution in [0.25, 0.3) is 0 Å². The molecule has 3 nitrogen and oxygen atoms in total. The normalized spacial score (nSPS) is 25.9. The lowest BCUT2D eigenvalue weighted by atomic mass is 9.86. The molecule has 0 aromatic carbocycles. The van der Waals surface area contributed by atoms with Crippen molar-refractivity contribution >= 4 is 5.78 Å². The lowest BCUT2D eigenvalue weighted by Crippen LogP contribution is -2.42. The van der Waals surface area contributed by atoms with Gasteiger partial charge < -0.3 is 9.84 Å². The molecule has 0 bridgehead atoms. The minimum absolute atomic E-state index is 0.109. The van der Waals surface area contributed by atoms with Crippen LogP contribution in [0.1, 0.15) is 65.2 Å². The summed E-state index contributed by atoms with van der Waals surface area (Å²) in [4.78, 5) is 11.7. The third-order valence-electron chi connectivity index (χ3n) is 3.87. The van der Waals surface area contributed by atoms with Gasteiger partial charge in [0.05, 0.1) is 12.2 Å². The third-order valence-corrected chi connectivity index (χ3v) is 3.87. The predicted octanol–water partition coefficient (Wildman–Crippen LogP) is 3.09. The van der Waals surface area contributed by atoms with Crippen LogP contribution in [0.5, 0.6) is 0 Å². The van der Waals surface area contributed by atoms with Crippen molar-refractivity contribution in [3.05, 3.63) is 0 Å². The van der Waals surface area contributed by atoms with E-state index in [-0.39, 0.29) is 17.8 Å². The molecule has 106 valence electrons. The van der Waals surface area contributed by atoms with Gasteiger partial charge in [-0.25, -0.2) is 0 Å². The number of aliphatic hydroxyl groups excluding tert-OH is 1. The van der Waals surface area contributed by atoms with Gasteiger partial charge in [-0.1, -0.05) is 39.0 Å². The standard InChI is InChI=1S/C15H28O3/c1-3-4-5-6-7-9-13(12(2)16)15-14(17)10-8-11-18-15/h13-15,17H,3-11H2,1-2H3/t13?,14-,15-/m1/s1. The minimum atomic E-state index is -0.455. The van der Waals surface area contributed by atoms with E-state index in [0.29, 0.717) is 6.61 Å². The number of hydrogen-bond acceptors (Lipinski definition) is 3. The average Bonchev–Trinajstić information content (AvgIpc) is 2.35. The summed E-state index contributed by atoms with van der Waals surface area (Å²) in [5.74, 6) is 0.0540. The number of ether oxygens (including phenoxy) is 1. The molecular weight excluding hydrogens is 228 g/mol. The zero-order chi connectivity index (χ0) is 13.4. The van der Waals surface area contributed by atoms with E-state index in [4.69, 9.17) is 4.74 Å². The fourth-order valence-corrected chi connectivity index (χ4v) is 2.74. The molecule has 0 spiro atoms. The molecule has 0 saturated carbocycles. The van der Waals surface area contributed by atoms with Crippen LogP contribution < -0.4 is 0 Å². The summed E-state index contributed by atoms with van der Waals surface area (Å²) < 4.78 is 5.62. The second-order valence-electron chi connectivity index (χ2n) is 5.47. The Kier molecular flexibility index (Phi) is 7.52. The zero-order valence-corrected chi connectivity index (χ0v) is 11.9. The van der Waals surface area contributed by atoms with E-state index in [1.165, 1.54) is 25.7 Å². The van der Waals surface area contributed by atoms with Crippen LogP contribution in [0, 0.1) is 5.92 Å². The fourth-order valence-electron chi connectivity index (χ4n) is 2.74. The number of carbonyl (C=O) groups excluding carboxylic acids is 1. The molecule has 18 heavy (non-hydrogen) atoms. The summed E-state index contributed by atoms with van der Waals surface area (Å²) in [6.45, 7) is 4.51. The molecule has 0 aromatic rings. The Morgan fingerprint density at radius 3 is 2.67 bits per heavy atom. The van der Waals surface area contributed by atoms with Crippen LogP contribution in [0.15, 0.2) is 0 Å². The van der Waals surface area contributed by atoms with E-state index in [9.17, 15) is 9.90 Å². The lowest BCUT2D eigenvalue weighted by molar-refractivity contribution is -0.139. The first-order valence-corrected chi connectivity index (χ1v) is 7.47. The highest BCUT2D eigenvalue weighted by Crippen LogP contribution is 2.26. The fraction of sp³-hybridized carbons (Fsp3) is 0.933. The highest BCUT2D eigenvalue weighted by molar-refractivity contribution is 5.79. The minimum Gasteiger partial charge on any atom is -0.390 e. The molecule has 1 saturated heterocycles. The Morgan fingerprint density at radius 1 is 1.33 bits per heavy atom. The summed E-state index contributed by atoms with van der Waals surface area (Å²) in [7, 11) is 0. The molecule has 0 aromatic heterocycles. The van der Waals surface area contributed by atoms with Crippen molar-refractivity contribution in [2.75, 3.05) is 6.61 Å². The van der Waals surface area contributed by atoms with Gasteiger partial charge in [0.2, 0.25) is 0 Å². The first-order valence-electron chi connectivity index (χ1n) is 7.47. The van der Waals surface area contributed by atoms with Crippen LogP contribution in [0.2, 0.25) is 0 Å². The van der Waals surface area contributed by atoms with Gasteiger partial charge in [-0.3, -0.25) is 4.79 Å². The summed E-state index contributed by atoms with van der Waals surface area (Å²) in [6.07, 6.45) is 7.82. The average molecular weight is 256 g/mol. The Labute approximate surface area is 111 Å². The topological polar surface area (TPSA) is 46.5 Å². The molecule has 1 heterocycles. The molecule has 1 fully saturated rings. The molecule has 0 aliphatic carbocycles. The summed E-state index contributed by atoms with van der Waals surface area (Å²) in [6, 6.07) is 0. The number of aliphatic hydroxyl groups is 1. The van der Waals surface area contributed by atoms with Crippen LogP contribution in [-0.4, -0.2) is 29.7 Å². The second kappa shape index (κ2) is 8.65. The molecule has 1 aliphatic rings. The SMILES string of the molecule is CCCCCCCC(C(C)=O)[C@H]1OCCC[C@H]1O. The molecule has 3 atom stereocenters. The van der Waals surface area contributed by atoms with Gasteiger partial charge in [0.15, 0.2) is 0 Å². The van der Waals surface area contributed by atoms with Crippen LogP contribution in [0.3, 0.4) is 0 Å². The molecule has 1 N–H and O–H groups in total. The highest BCUT2D eigenvalue weighted by Gasteiger charge is 2.33. The van der Waals surface area contributed by atoms with Gasteiger partial charge in [0.1, 0.15) is 5.78 Å². The number of carbonyl (C=O) groups is 1. The van der Waals surface area contributed by atoms with E-state index in [1.807, 2.05) is 0 Å². The van der Waals surface area contributed by atoms with Crippen LogP contribution in [0.4, 0.5) is 0 Å². The summed E-state index contributed by atoms with van der Waals surface area (Å²) in [5, 5.41) is 9.95. The maximum Gasteiger partial charge on any atom is 0.135 e. The maximum absolute atomic E-state index is 11.7. The first-order chi connectivity index (χ1) is 8.66. The monoisotopic (exact) mass is 256 g/mol. The Balaban J connectivity index is 2.36. The Hall–Kier alpha value is -0.410. The number of unbranched alkanes of at least 4 members (excludes halogenated alkanes) is 4. The van der Waals surface area contributed by atoms with Crippen molar-refractivity contribution in [1.29, 1.82) is 0 Å². The number of hydrogen-bond donors (Lipinski definition) is 1. The van der Waals surface area contributed by atoms with Crippen molar-refractivity contribution in [2.45, 2.75) is 77.4 Å². The highest BCUT2D eigenvalue weighted by atomic mass is 16.5. The predicted molar refractivity (Wildman–Crippen MR) is 72.5 cm³/mol. The number of ketones is 1. The van der Waals surface area contributed by atoms with Crippen molar-refractivity contribution in [3.8, 4) is 0 Å². The van der Waals surface area contributed by atoms with Crippen molar-refractivity contribution < 1.29 is 14.6 Å². The van der Waals surface area contributed by atoms with Gasteiger partial charge >= 0.3 is 0 Å². The number of rotatable bonds is 8. The van der Waals surface area contributed by atoms with Gasteiger partial charge in [0, 0.05) is 12.5 Å². The molecule has 1 rings (SSSR count). The Morgan fingerprint density at radius 2 is 2.06 bits per heavy atom. The van der Waals surface area contributed by atoms with E-state index >= 15 is 0 Å². The molecule has 1 aliphatic heterocycles. The third kappa shape index (κ3) is 5.07. The van der Waals surface area contributed by atoms with E-state index in [1.54, 1.807) is 6.92 Å². The smallest absolute Gasteiger partial charge is 0.135 e. The van der Waals surface area contributed by atoms with E-state index < -0.39 is 6.10 Å². The summed E-state index contributed by atoms with van der Waals surface area (Å²) >= 11 is 0. The molecule has 3 heteroatoms. The van der Waals surface area contributed by atoms with Crippen LogP contribution >= 0.6 is 0 Å². The second-order valence-corrected chi connectivity index (χ2v) is 5.47. The van der Waals surface area contributed by atoms with Gasteiger partial charge in [0.25, 0.3) is 0 Å². The molecular formula is C15H28O3. The molecule has 0 radical (unpaired) electrons. The first kappa shape index (κ1) is 15.6. The van der Waals surface area contributed by atoms with Crippen molar-refractivity contribution in [3.63, 3.8) is 0 Å². The summed E-state index contributed by atoms with van der Waals surface area (Å²) in [5.41, 5.74) is 0. The van der Waals surface area contributed by atoms with Gasteiger partial charge in [-0.05, 0) is 26.2 Å². The van der Waals surface area contributed by atoms with E-state index in [0.717, 1.165) is 25.7 Å². The van der Waals surface area contributed by atoms with Crippen LogP contribution in [-0.2, 0) is 9.53 Å². The lowest BCUT2D eigenvalue weighted by Gasteiger charge is -2.33. The number of Topliss-reactive ketones (excluding diaryl/α,β-unsaturated/α-hetero) is 1. The van der Waals surface area contributed by atoms with Gasteiger partial charge in [-0.15, -0.1) is 0 Å².